The number of nitrogens with two attached hydrogens (primary N) is 1. The Bertz CT molecular complexity index is 1080. The Morgan fingerprint density at radius 2 is 1.88 bits per heavy atom. The van der Waals surface area contributed by atoms with Crippen molar-refractivity contribution in [2.24, 2.45) is 0 Å². The van der Waals surface area contributed by atoms with Gasteiger partial charge in [-0.2, -0.15) is 31.6 Å². The molecule has 2 unspecified atom stereocenters. The second kappa shape index (κ2) is 8.40. The van der Waals surface area contributed by atoms with Crippen molar-refractivity contribution in [3.05, 3.63) is 52.5 Å². The first-order valence-electron chi connectivity index (χ1n) is 8.77. The van der Waals surface area contributed by atoms with Crippen molar-refractivity contribution < 1.29 is 35.9 Å². The molecule has 3 N–H and O–H groups in total. The molecule has 13 heteroatoms. The number of nitrogen functional groups attached to an aromatic ring is 1. The van der Waals surface area contributed by atoms with Gasteiger partial charge in [0, 0.05) is 11.4 Å². The Hall–Kier alpha value is -3.17. The average molecular weight is 479 g/mol. The molecule has 170 valence electrons. The Balaban J connectivity index is 1.91. The van der Waals surface area contributed by atoms with Gasteiger partial charge in [0.15, 0.2) is 6.10 Å². The molecule has 0 saturated carbocycles. The first kappa shape index (κ1) is 23.5. The number of nitriles is 1. The summed E-state index contributed by atoms with van der Waals surface area (Å²) in [5, 5.41) is 11.2. The van der Waals surface area contributed by atoms with Crippen LogP contribution in [0.3, 0.4) is 0 Å². The molecule has 0 aliphatic carbocycles. The maximum Gasteiger partial charge on any atom is 0.433 e. The van der Waals surface area contributed by atoms with Crippen LogP contribution >= 0.6 is 11.6 Å². The van der Waals surface area contributed by atoms with Gasteiger partial charge in [-0.25, -0.2) is 0 Å². The summed E-state index contributed by atoms with van der Waals surface area (Å²) < 4.78 is 85.2. The molecule has 1 amide bonds. The first-order chi connectivity index (χ1) is 14.8. The quantitative estimate of drug-likeness (QED) is 0.499. The Morgan fingerprint density at radius 3 is 2.44 bits per heavy atom. The first-order valence-corrected chi connectivity index (χ1v) is 9.15. The van der Waals surface area contributed by atoms with Gasteiger partial charge >= 0.3 is 12.4 Å². The topological polar surface area (TPSA) is 91.4 Å². The number of carbonyl (C=O) groups is 1. The molecular weight excluding hydrogens is 466 g/mol. The Labute approximate surface area is 182 Å². The summed E-state index contributed by atoms with van der Waals surface area (Å²) >= 11 is 5.94. The highest BCUT2D eigenvalue weighted by Crippen LogP contribution is 2.39. The SMILES string of the molecule is N#Cc1ccc(N2CC(C(=O)Nc3ccc(N)cc3Cl)OC2C(F)(F)F)cc1C(F)(F)F. The van der Waals surface area contributed by atoms with Gasteiger partial charge in [-0.1, -0.05) is 11.6 Å². The number of alkyl halides is 6. The van der Waals surface area contributed by atoms with Crippen molar-refractivity contribution in [3.8, 4) is 6.07 Å². The predicted molar refractivity (Wildman–Crippen MR) is 103 cm³/mol. The number of nitrogens with one attached hydrogen (secondary N) is 1. The van der Waals surface area contributed by atoms with Gasteiger partial charge in [0.2, 0.25) is 6.23 Å². The molecule has 2 atom stereocenters. The van der Waals surface area contributed by atoms with E-state index in [0.29, 0.717) is 11.0 Å². The fraction of sp³-hybridized carbons (Fsp3) is 0.263. The lowest BCUT2D eigenvalue weighted by molar-refractivity contribution is -0.212. The van der Waals surface area contributed by atoms with Crippen molar-refractivity contribution in [3.63, 3.8) is 0 Å². The molecule has 1 fully saturated rings. The van der Waals surface area contributed by atoms with Gasteiger partial charge in [0.1, 0.15) is 0 Å². The van der Waals surface area contributed by atoms with Crippen molar-refractivity contribution in [1.82, 2.24) is 0 Å². The third-order valence-corrected chi connectivity index (χ3v) is 4.84. The van der Waals surface area contributed by atoms with Crippen molar-refractivity contribution in [2.75, 3.05) is 22.5 Å². The summed E-state index contributed by atoms with van der Waals surface area (Å²) in [7, 11) is 0. The second-order valence-corrected chi connectivity index (χ2v) is 7.15. The number of nitrogens with zero attached hydrogens (tertiary/aromatic N) is 2. The second-order valence-electron chi connectivity index (χ2n) is 6.74. The minimum Gasteiger partial charge on any atom is -0.399 e. The fourth-order valence-corrected chi connectivity index (χ4v) is 3.31. The zero-order chi connectivity index (χ0) is 23.8. The van der Waals surface area contributed by atoms with Crippen LogP contribution in [0.4, 0.5) is 43.4 Å². The van der Waals surface area contributed by atoms with Crippen LogP contribution in [-0.2, 0) is 15.7 Å². The van der Waals surface area contributed by atoms with Crippen LogP contribution in [0.15, 0.2) is 36.4 Å². The van der Waals surface area contributed by atoms with Gasteiger partial charge in [0.25, 0.3) is 5.91 Å². The number of benzene rings is 2. The highest BCUT2D eigenvalue weighted by molar-refractivity contribution is 6.34. The average Bonchev–Trinajstić information content (AvgIpc) is 3.15. The van der Waals surface area contributed by atoms with Gasteiger partial charge in [-0.05, 0) is 36.4 Å². The van der Waals surface area contributed by atoms with Gasteiger partial charge in [-0.3, -0.25) is 4.79 Å². The number of rotatable bonds is 3. The third-order valence-electron chi connectivity index (χ3n) is 4.52. The summed E-state index contributed by atoms with van der Waals surface area (Å²) in [5.74, 6) is -0.988. The van der Waals surface area contributed by atoms with Gasteiger partial charge < -0.3 is 20.7 Å². The molecule has 1 saturated heterocycles. The van der Waals surface area contributed by atoms with E-state index in [-0.39, 0.29) is 16.4 Å². The van der Waals surface area contributed by atoms with E-state index in [1.165, 1.54) is 24.3 Å². The number of amides is 1. The number of ether oxygens (including phenoxy) is 1. The van der Waals surface area contributed by atoms with E-state index in [1.54, 1.807) is 0 Å². The highest BCUT2D eigenvalue weighted by Gasteiger charge is 2.52. The van der Waals surface area contributed by atoms with Crippen molar-refractivity contribution >= 4 is 34.6 Å². The van der Waals surface area contributed by atoms with E-state index in [0.717, 1.165) is 12.1 Å². The van der Waals surface area contributed by atoms with E-state index in [2.05, 4.69) is 5.32 Å². The third kappa shape index (κ3) is 4.84. The van der Waals surface area contributed by atoms with Crippen LogP contribution in [0, 0.1) is 11.3 Å². The fourth-order valence-electron chi connectivity index (χ4n) is 3.07. The molecule has 2 aromatic carbocycles. The molecule has 0 aromatic heterocycles. The summed E-state index contributed by atoms with van der Waals surface area (Å²) in [4.78, 5) is 13.0. The lowest BCUT2D eigenvalue weighted by atomic mass is 10.1. The maximum atomic E-state index is 13.5. The predicted octanol–water partition coefficient (Wildman–Crippen LogP) is 4.54. The molecule has 6 nitrogen and oxygen atoms in total. The smallest absolute Gasteiger partial charge is 0.399 e. The van der Waals surface area contributed by atoms with Crippen molar-refractivity contribution in [2.45, 2.75) is 24.7 Å². The van der Waals surface area contributed by atoms with E-state index in [4.69, 9.17) is 27.3 Å². The lowest BCUT2D eigenvalue weighted by Gasteiger charge is -2.27. The number of hydrogen-bond acceptors (Lipinski definition) is 5. The zero-order valence-corrected chi connectivity index (χ0v) is 16.5. The highest BCUT2D eigenvalue weighted by atomic mass is 35.5. The monoisotopic (exact) mass is 478 g/mol. The van der Waals surface area contributed by atoms with E-state index < -0.39 is 54.0 Å². The minimum absolute atomic E-state index is 0.0301. The minimum atomic E-state index is -5.03. The maximum absolute atomic E-state index is 13.5. The van der Waals surface area contributed by atoms with Crippen LogP contribution in [-0.4, -0.2) is 31.0 Å². The summed E-state index contributed by atoms with van der Waals surface area (Å²) in [6.45, 7) is -0.703. The molecule has 1 heterocycles. The summed E-state index contributed by atoms with van der Waals surface area (Å²) in [6.07, 6.45) is -14.4. The lowest BCUT2D eigenvalue weighted by Crippen LogP contribution is -2.42. The number of hydrogen-bond donors (Lipinski definition) is 2. The standard InChI is InChI=1S/C19H13ClF6N4O2/c20-13-5-10(28)2-4-14(13)29-16(31)15-8-30(17(32-15)19(24,25)26)11-3-1-9(7-27)12(6-11)18(21,22)23/h1-6,15,17H,8,28H2,(H,29,31). The molecule has 32 heavy (non-hydrogen) atoms. The van der Waals surface area contributed by atoms with Gasteiger partial charge in [-0.15, -0.1) is 0 Å². The van der Waals surface area contributed by atoms with Crippen LogP contribution in [0.2, 0.25) is 5.02 Å². The molecule has 1 aliphatic heterocycles. The number of halogens is 7. The van der Waals surface area contributed by atoms with E-state index >= 15 is 0 Å². The van der Waals surface area contributed by atoms with Crippen LogP contribution in [0.5, 0.6) is 0 Å². The Kier molecular flexibility index (Phi) is 6.17. The van der Waals surface area contributed by atoms with E-state index in [1.807, 2.05) is 0 Å². The van der Waals surface area contributed by atoms with Crippen molar-refractivity contribution in [1.29, 1.82) is 5.26 Å². The largest absolute Gasteiger partial charge is 0.433 e. The normalized spacial score (nSPS) is 19.0. The van der Waals surface area contributed by atoms with Crippen LogP contribution in [0.25, 0.3) is 0 Å². The molecule has 3 rings (SSSR count). The molecule has 1 aliphatic rings. The Morgan fingerprint density at radius 1 is 1.19 bits per heavy atom. The molecule has 0 bridgehead atoms. The molecular formula is C19H13ClF6N4O2. The molecule has 0 spiro atoms. The van der Waals surface area contributed by atoms with Crippen LogP contribution in [0.1, 0.15) is 11.1 Å². The summed E-state index contributed by atoms with van der Waals surface area (Å²) in [6, 6.07) is 7.49. The zero-order valence-electron chi connectivity index (χ0n) is 15.8. The number of anilines is 3. The number of carbonyl (C=O) groups excluding carboxylic acids is 1. The molecule has 2 aromatic rings. The van der Waals surface area contributed by atoms with E-state index in [9.17, 15) is 31.1 Å². The van der Waals surface area contributed by atoms with Crippen LogP contribution < -0.4 is 16.0 Å². The van der Waals surface area contributed by atoms with Gasteiger partial charge in [0.05, 0.1) is 34.5 Å². The molecule has 0 radical (unpaired) electrons. The summed E-state index contributed by atoms with van der Waals surface area (Å²) in [5.41, 5.74) is 3.22.